The van der Waals surface area contributed by atoms with Gasteiger partial charge in [0.15, 0.2) is 0 Å². The Morgan fingerprint density at radius 3 is 2.71 bits per heavy atom. The van der Waals surface area contributed by atoms with Crippen LogP contribution in [0.4, 0.5) is 14.6 Å². The van der Waals surface area contributed by atoms with Gasteiger partial charge in [0.1, 0.15) is 29.3 Å². The maximum Gasteiger partial charge on any atom is 0.248 e. The summed E-state index contributed by atoms with van der Waals surface area (Å²) >= 11 is 0. The number of nitrogens with zero attached hydrogens (tertiary/aromatic N) is 1. The Kier molecular flexibility index (Phi) is 7.17. The average molecular weight is 433 g/mol. The van der Waals surface area contributed by atoms with E-state index in [1.807, 2.05) is 0 Å². The zero-order chi connectivity index (χ0) is 22.5. The molecular formula is C22H25F2N3O4. The number of hydrogen-bond acceptors (Lipinski definition) is 5. The molecule has 0 radical (unpaired) electrons. The van der Waals surface area contributed by atoms with Gasteiger partial charge in [0, 0.05) is 29.2 Å². The van der Waals surface area contributed by atoms with E-state index < -0.39 is 23.6 Å². The molecule has 9 heteroatoms. The van der Waals surface area contributed by atoms with Crippen molar-refractivity contribution in [2.24, 2.45) is 5.92 Å². The molecule has 0 bridgehead atoms. The van der Waals surface area contributed by atoms with Gasteiger partial charge < -0.3 is 20.5 Å². The minimum absolute atomic E-state index is 0.118. The molecule has 31 heavy (non-hydrogen) atoms. The van der Waals surface area contributed by atoms with Gasteiger partial charge in [-0.25, -0.2) is 13.8 Å². The maximum atomic E-state index is 14.4. The third-order valence-corrected chi connectivity index (χ3v) is 5.33. The fraction of sp³-hybridized carbons (Fsp3) is 0.409. The van der Waals surface area contributed by atoms with E-state index in [1.165, 1.54) is 32.2 Å². The predicted molar refractivity (Wildman–Crippen MR) is 110 cm³/mol. The van der Waals surface area contributed by atoms with Crippen LogP contribution in [0.1, 0.15) is 32.6 Å². The molecule has 3 rings (SSSR count). The van der Waals surface area contributed by atoms with Gasteiger partial charge in [-0.15, -0.1) is 0 Å². The van der Waals surface area contributed by atoms with Crippen LogP contribution in [0.15, 0.2) is 30.5 Å². The smallest absolute Gasteiger partial charge is 0.248 e. The number of aliphatic hydroxyl groups is 1. The van der Waals surface area contributed by atoms with Crippen LogP contribution in [0.25, 0.3) is 11.1 Å². The highest BCUT2D eigenvalue weighted by atomic mass is 19.1. The molecule has 0 saturated heterocycles. The van der Waals surface area contributed by atoms with Crippen molar-refractivity contribution in [3.63, 3.8) is 0 Å². The quantitative estimate of drug-likeness (QED) is 0.650. The summed E-state index contributed by atoms with van der Waals surface area (Å²) in [5.41, 5.74) is 0.450. The van der Waals surface area contributed by atoms with Crippen molar-refractivity contribution < 1.29 is 28.2 Å². The Morgan fingerprint density at radius 2 is 2.00 bits per heavy atom. The summed E-state index contributed by atoms with van der Waals surface area (Å²) in [5, 5.41) is 14.8. The molecule has 1 aromatic carbocycles. The summed E-state index contributed by atoms with van der Waals surface area (Å²) in [6.07, 6.45) is 2.43. The molecule has 1 saturated carbocycles. The Labute approximate surface area is 178 Å². The van der Waals surface area contributed by atoms with Gasteiger partial charge in [0.05, 0.1) is 13.3 Å². The first-order valence-electron chi connectivity index (χ1n) is 10.1. The van der Waals surface area contributed by atoms with E-state index >= 15 is 0 Å². The topological polar surface area (TPSA) is 101 Å². The Hall–Kier alpha value is -3.07. The number of anilines is 1. The molecule has 2 aromatic rings. The van der Waals surface area contributed by atoms with Crippen molar-refractivity contribution in [2.45, 2.75) is 44.8 Å². The molecule has 2 amide bonds. The number of aliphatic hydroxyl groups excluding tert-OH is 1. The van der Waals surface area contributed by atoms with Crippen molar-refractivity contribution in [2.75, 3.05) is 12.4 Å². The normalized spacial score (nSPS) is 19.4. The third kappa shape index (κ3) is 5.55. The molecule has 1 fully saturated rings. The van der Waals surface area contributed by atoms with Gasteiger partial charge >= 0.3 is 0 Å². The number of amides is 2. The van der Waals surface area contributed by atoms with Crippen LogP contribution in [-0.2, 0) is 9.59 Å². The van der Waals surface area contributed by atoms with Crippen LogP contribution in [0, 0.1) is 17.6 Å². The maximum absolute atomic E-state index is 14.4. The lowest BCUT2D eigenvalue weighted by Gasteiger charge is -2.29. The average Bonchev–Trinajstić information content (AvgIpc) is 2.75. The molecule has 3 N–H and O–H groups in total. The molecule has 0 spiro atoms. The van der Waals surface area contributed by atoms with E-state index in [-0.39, 0.29) is 35.0 Å². The number of carbonyl (C=O) groups is 2. The zero-order valence-electron chi connectivity index (χ0n) is 17.3. The number of rotatable bonds is 6. The van der Waals surface area contributed by atoms with E-state index in [1.54, 1.807) is 0 Å². The molecule has 0 aliphatic heterocycles. The van der Waals surface area contributed by atoms with Gasteiger partial charge in [-0.2, -0.15) is 0 Å². The molecule has 166 valence electrons. The van der Waals surface area contributed by atoms with Gasteiger partial charge in [-0.1, -0.05) is 6.42 Å². The molecule has 0 unspecified atom stereocenters. The van der Waals surface area contributed by atoms with Gasteiger partial charge in [0.2, 0.25) is 11.8 Å². The van der Waals surface area contributed by atoms with E-state index in [4.69, 9.17) is 4.74 Å². The number of benzene rings is 1. The monoisotopic (exact) mass is 433 g/mol. The predicted octanol–water partition coefficient (Wildman–Crippen LogP) is 3.03. The highest BCUT2D eigenvalue weighted by molar-refractivity contribution is 5.92. The molecular weight excluding hydrogens is 408 g/mol. The van der Waals surface area contributed by atoms with Crippen molar-refractivity contribution in [1.29, 1.82) is 0 Å². The van der Waals surface area contributed by atoms with Crippen LogP contribution in [0.3, 0.4) is 0 Å². The van der Waals surface area contributed by atoms with Crippen LogP contribution in [-0.4, -0.2) is 41.2 Å². The first kappa shape index (κ1) is 22.6. The van der Waals surface area contributed by atoms with Crippen LogP contribution < -0.4 is 15.4 Å². The fourth-order valence-corrected chi connectivity index (χ4v) is 3.71. The summed E-state index contributed by atoms with van der Waals surface area (Å²) in [7, 11) is 1.36. The standard InChI is InChI=1S/C22H25F2N3O4/c1-12(28)21(29)26-15-5-3-4-13(8-15)22(30)27-20-10-17(18(24)11-25-20)16-7-6-14(23)9-19(16)31-2/h6-7,9-13,15,28H,3-5,8H2,1-2H3,(H,26,29)(H,25,27,30)/t12-,13-,15+/m0/s1. The van der Waals surface area contributed by atoms with Crippen molar-refractivity contribution in [1.82, 2.24) is 10.3 Å². The third-order valence-electron chi connectivity index (χ3n) is 5.33. The molecule has 3 atom stereocenters. The highest BCUT2D eigenvalue weighted by Crippen LogP contribution is 2.33. The van der Waals surface area contributed by atoms with E-state index in [0.717, 1.165) is 25.1 Å². The number of nitrogens with one attached hydrogen (secondary N) is 2. The summed E-state index contributed by atoms with van der Waals surface area (Å²) in [6, 6.07) is 4.91. The van der Waals surface area contributed by atoms with E-state index in [9.17, 15) is 23.5 Å². The minimum Gasteiger partial charge on any atom is -0.496 e. The fourth-order valence-electron chi connectivity index (χ4n) is 3.71. The van der Waals surface area contributed by atoms with Crippen molar-refractivity contribution in [3.8, 4) is 16.9 Å². The number of carbonyl (C=O) groups excluding carboxylic acids is 2. The highest BCUT2D eigenvalue weighted by Gasteiger charge is 2.29. The van der Waals surface area contributed by atoms with Crippen molar-refractivity contribution in [3.05, 3.63) is 42.1 Å². The second-order valence-electron chi connectivity index (χ2n) is 7.63. The Balaban J connectivity index is 1.74. The first-order chi connectivity index (χ1) is 14.8. The minimum atomic E-state index is -1.11. The van der Waals surface area contributed by atoms with Gasteiger partial charge in [-0.3, -0.25) is 9.59 Å². The number of aromatic nitrogens is 1. The number of methoxy groups -OCH3 is 1. The molecule has 1 aliphatic rings. The van der Waals surface area contributed by atoms with Crippen LogP contribution in [0.2, 0.25) is 0 Å². The second kappa shape index (κ2) is 9.82. The molecule has 1 aromatic heterocycles. The lowest BCUT2D eigenvalue weighted by molar-refractivity contribution is -0.130. The van der Waals surface area contributed by atoms with Crippen LogP contribution >= 0.6 is 0 Å². The number of ether oxygens (including phenoxy) is 1. The van der Waals surface area contributed by atoms with Crippen molar-refractivity contribution >= 4 is 17.6 Å². The zero-order valence-corrected chi connectivity index (χ0v) is 17.3. The molecule has 1 aliphatic carbocycles. The summed E-state index contributed by atoms with van der Waals surface area (Å²) in [6.45, 7) is 1.39. The second-order valence-corrected chi connectivity index (χ2v) is 7.63. The molecule has 7 nitrogen and oxygen atoms in total. The first-order valence-corrected chi connectivity index (χ1v) is 10.1. The Morgan fingerprint density at radius 1 is 1.23 bits per heavy atom. The summed E-state index contributed by atoms with van der Waals surface area (Å²) < 4.78 is 33.0. The van der Waals surface area contributed by atoms with Gasteiger partial charge in [-0.05, 0) is 44.4 Å². The lowest BCUT2D eigenvalue weighted by Crippen LogP contribution is -2.44. The van der Waals surface area contributed by atoms with E-state index in [0.29, 0.717) is 18.4 Å². The Bertz CT molecular complexity index is 968. The van der Waals surface area contributed by atoms with Crippen LogP contribution in [0.5, 0.6) is 5.75 Å². The summed E-state index contributed by atoms with van der Waals surface area (Å²) in [5.74, 6) is -1.95. The van der Waals surface area contributed by atoms with Gasteiger partial charge in [0.25, 0.3) is 0 Å². The van der Waals surface area contributed by atoms with E-state index in [2.05, 4.69) is 15.6 Å². The number of halogens is 2. The summed E-state index contributed by atoms with van der Waals surface area (Å²) in [4.78, 5) is 28.4. The SMILES string of the molecule is COc1cc(F)ccc1-c1cc(NC(=O)[C@H]2CCC[C@@H](NC(=O)[C@H](C)O)C2)ncc1F. The number of hydrogen-bond donors (Lipinski definition) is 3. The lowest BCUT2D eigenvalue weighted by atomic mass is 9.85. The largest absolute Gasteiger partial charge is 0.496 e. The number of pyridine rings is 1. The molecule has 1 heterocycles.